The van der Waals surface area contributed by atoms with Gasteiger partial charge < -0.3 is 10.1 Å². The first-order chi connectivity index (χ1) is 11.9. The maximum absolute atomic E-state index is 5.58. The maximum atomic E-state index is 5.58. The summed E-state index contributed by atoms with van der Waals surface area (Å²) >= 11 is 0. The Morgan fingerprint density at radius 2 is 1.67 bits per heavy atom. The van der Waals surface area contributed by atoms with Gasteiger partial charge in [-0.3, -0.25) is 9.80 Å². The molecule has 2 aliphatic heterocycles. The predicted octanol–water partition coefficient (Wildman–Crippen LogP) is 2.12. The lowest BCUT2D eigenvalue weighted by Gasteiger charge is -2.39. The van der Waals surface area contributed by atoms with Crippen molar-refractivity contribution in [3.05, 3.63) is 48.0 Å². The molecule has 1 atom stereocenters. The molecule has 0 bridgehead atoms. The average molecular weight is 325 g/mol. The molecule has 4 heteroatoms. The molecule has 2 aliphatic rings. The van der Waals surface area contributed by atoms with Gasteiger partial charge in [0, 0.05) is 51.9 Å². The molecule has 24 heavy (non-hydrogen) atoms. The molecule has 2 aromatic rings. The fourth-order valence-electron chi connectivity index (χ4n) is 3.87. The van der Waals surface area contributed by atoms with Gasteiger partial charge in [-0.15, -0.1) is 0 Å². The largest absolute Gasteiger partial charge is 0.379 e. The second kappa shape index (κ2) is 7.62. The van der Waals surface area contributed by atoms with Gasteiger partial charge in [-0.1, -0.05) is 36.4 Å². The smallest absolute Gasteiger partial charge is 0.0594 e. The second-order valence-corrected chi connectivity index (χ2v) is 6.82. The summed E-state index contributed by atoms with van der Waals surface area (Å²) in [6.07, 6.45) is 0. The Hall–Kier alpha value is -1.46. The first-order valence-electron chi connectivity index (χ1n) is 9.14. The fourth-order valence-corrected chi connectivity index (χ4v) is 3.87. The maximum Gasteiger partial charge on any atom is 0.0594 e. The minimum atomic E-state index is 0.455. The number of benzene rings is 2. The van der Waals surface area contributed by atoms with E-state index in [9.17, 15) is 0 Å². The Kier molecular flexibility index (Phi) is 5.09. The van der Waals surface area contributed by atoms with Crippen LogP contribution in [0.3, 0.4) is 0 Å². The lowest BCUT2D eigenvalue weighted by atomic mass is 9.99. The highest BCUT2D eigenvalue weighted by atomic mass is 16.5. The van der Waals surface area contributed by atoms with Gasteiger partial charge in [0.1, 0.15) is 0 Å². The van der Waals surface area contributed by atoms with Gasteiger partial charge in [-0.05, 0) is 22.4 Å². The van der Waals surface area contributed by atoms with E-state index in [0.29, 0.717) is 6.04 Å². The number of morpholine rings is 1. The molecule has 0 aromatic heterocycles. The van der Waals surface area contributed by atoms with Crippen molar-refractivity contribution in [1.82, 2.24) is 15.1 Å². The summed E-state index contributed by atoms with van der Waals surface area (Å²) in [5, 5.41) is 6.12. The Morgan fingerprint density at radius 1 is 0.917 bits per heavy atom. The van der Waals surface area contributed by atoms with E-state index in [-0.39, 0.29) is 0 Å². The topological polar surface area (TPSA) is 27.7 Å². The molecule has 0 spiro atoms. The van der Waals surface area contributed by atoms with Crippen LogP contribution in [0.15, 0.2) is 42.5 Å². The SMILES string of the molecule is c1ccc2cc(C(CN3CCNCC3)N3CCOCC3)ccc2c1. The van der Waals surface area contributed by atoms with Crippen molar-refractivity contribution in [2.24, 2.45) is 0 Å². The normalized spacial score (nSPS) is 21.8. The van der Waals surface area contributed by atoms with Crippen LogP contribution < -0.4 is 5.32 Å². The summed E-state index contributed by atoms with van der Waals surface area (Å²) in [7, 11) is 0. The van der Waals surface area contributed by atoms with Crippen LogP contribution >= 0.6 is 0 Å². The van der Waals surface area contributed by atoms with Gasteiger partial charge in [-0.2, -0.15) is 0 Å². The number of ether oxygens (including phenoxy) is 1. The minimum Gasteiger partial charge on any atom is -0.379 e. The number of fused-ring (bicyclic) bond motifs is 1. The minimum absolute atomic E-state index is 0.455. The zero-order valence-electron chi connectivity index (χ0n) is 14.3. The average Bonchev–Trinajstić information content (AvgIpc) is 2.67. The third kappa shape index (κ3) is 3.62. The molecule has 2 aromatic carbocycles. The summed E-state index contributed by atoms with van der Waals surface area (Å²) in [5.41, 5.74) is 1.44. The molecule has 2 saturated heterocycles. The molecule has 4 nitrogen and oxygen atoms in total. The number of piperazine rings is 1. The number of nitrogens with zero attached hydrogens (tertiary/aromatic N) is 2. The Morgan fingerprint density at radius 3 is 2.46 bits per heavy atom. The Balaban J connectivity index is 1.61. The van der Waals surface area contributed by atoms with Crippen LogP contribution in [0.5, 0.6) is 0 Å². The van der Waals surface area contributed by atoms with Crippen molar-refractivity contribution >= 4 is 10.8 Å². The molecule has 2 heterocycles. The van der Waals surface area contributed by atoms with Gasteiger partial charge in [0.25, 0.3) is 0 Å². The van der Waals surface area contributed by atoms with Gasteiger partial charge in [0.15, 0.2) is 0 Å². The molecule has 2 fully saturated rings. The molecule has 1 unspecified atom stereocenters. The van der Waals surface area contributed by atoms with Gasteiger partial charge >= 0.3 is 0 Å². The molecule has 0 aliphatic carbocycles. The third-order valence-electron chi connectivity index (χ3n) is 5.29. The summed E-state index contributed by atoms with van der Waals surface area (Å²) in [6, 6.07) is 16.1. The van der Waals surface area contributed by atoms with Crippen LogP contribution in [0.1, 0.15) is 11.6 Å². The summed E-state index contributed by atoms with van der Waals surface area (Å²) in [5.74, 6) is 0. The monoisotopic (exact) mass is 325 g/mol. The lowest BCUT2D eigenvalue weighted by molar-refractivity contribution is 0.00671. The van der Waals surface area contributed by atoms with Gasteiger partial charge in [-0.25, -0.2) is 0 Å². The Labute approximate surface area is 144 Å². The van der Waals surface area contributed by atoms with Crippen molar-refractivity contribution < 1.29 is 4.74 Å². The van der Waals surface area contributed by atoms with Crippen molar-refractivity contribution in [2.75, 3.05) is 59.0 Å². The quantitative estimate of drug-likeness (QED) is 0.932. The van der Waals surface area contributed by atoms with Crippen LogP contribution in [0.2, 0.25) is 0 Å². The molecular weight excluding hydrogens is 298 g/mol. The molecule has 128 valence electrons. The van der Waals surface area contributed by atoms with E-state index in [1.165, 1.54) is 16.3 Å². The standard InChI is InChI=1S/C20H27N3O/c1-2-4-18-15-19(6-5-17(18)3-1)20(23-11-13-24-14-12-23)16-22-9-7-21-8-10-22/h1-6,15,20-21H,7-14,16H2. The van der Waals surface area contributed by atoms with Crippen LogP contribution in [0.4, 0.5) is 0 Å². The highest BCUT2D eigenvalue weighted by Gasteiger charge is 2.25. The van der Waals surface area contributed by atoms with Crippen molar-refractivity contribution in [1.29, 1.82) is 0 Å². The second-order valence-electron chi connectivity index (χ2n) is 6.82. The predicted molar refractivity (Wildman–Crippen MR) is 98.4 cm³/mol. The number of hydrogen-bond donors (Lipinski definition) is 1. The zero-order valence-corrected chi connectivity index (χ0v) is 14.3. The third-order valence-corrected chi connectivity index (χ3v) is 5.29. The molecule has 0 amide bonds. The van der Waals surface area contributed by atoms with Crippen LogP contribution in [-0.4, -0.2) is 68.8 Å². The number of hydrogen-bond acceptors (Lipinski definition) is 4. The summed E-state index contributed by atoms with van der Waals surface area (Å²) in [4.78, 5) is 5.21. The van der Waals surface area contributed by atoms with Crippen LogP contribution in [0, 0.1) is 0 Å². The van der Waals surface area contributed by atoms with Gasteiger partial charge in [0.2, 0.25) is 0 Å². The van der Waals surface area contributed by atoms with Crippen LogP contribution in [0.25, 0.3) is 10.8 Å². The van der Waals surface area contributed by atoms with Crippen molar-refractivity contribution in [3.63, 3.8) is 0 Å². The fraction of sp³-hybridized carbons (Fsp3) is 0.500. The highest BCUT2D eigenvalue weighted by molar-refractivity contribution is 5.83. The lowest BCUT2D eigenvalue weighted by Crippen LogP contribution is -2.49. The molecule has 1 N–H and O–H groups in total. The number of rotatable bonds is 4. The van der Waals surface area contributed by atoms with E-state index in [1.54, 1.807) is 0 Å². The van der Waals surface area contributed by atoms with E-state index in [0.717, 1.165) is 59.0 Å². The zero-order chi connectivity index (χ0) is 16.2. The van der Waals surface area contributed by atoms with Crippen LogP contribution in [-0.2, 0) is 4.74 Å². The molecule has 4 rings (SSSR count). The van der Waals surface area contributed by atoms with Crippen molar-refractivity contribution in [3.8, 4) is 0 Å². The van der Waals surface area contributed by atoms with Gasteiger partial charge in [0.05, 0.1) is 13.2 Å². The van der Waals surface area contributed by atoms with Crippen molar-refractivity contribution in [2.45, 2.75) is 6.04 Å². The van der Waals surface area contributed by atoms with E-state index in [4.69, 9.17) is 4.74 Å². The molecule has 0 radical (unpaired) electrons. The van der Waals surface area contributed by atoms with E-state index in [2.05, 4.69) is 57.6 Å². The highest BCUT2D eigenvalue weighted by Crippen LogP contribution is 2.26. The first-order valence-corrected chi connectivity index (χ1v) is 9.14. The molecular formula is C20H27N3O. The summed E-state index contributed by atoms with van der Waals surface area (Å²) in [6.45, 7) is 9.38. The van der Waals surface area contributed by atoms with E-state index >= 15 is 0 Å². The molecule has 0 saturated carbocycles. The van der Waals surface area contributed by atoms with E-state index < -0.39 is 0 Å². The number of nitrogens with one attached hydrogen (secondary N) is 1. The van der Waals surface area contributed by atoms with E-state index in [1.807, 2.05) is 0 Å². The summed E-state index contributed by atoms with van der Waals surface area (Å²) < 4.78 is 5.58. The Bertz CT molecular complexity index is 663. The first kappa shape index (κ1) is 16.0.